The lowest BCUT2D eigenvalue weighted by Crippen LogP contribution is -2.54. The summed E-state index contributed by atoms with van der Waals surface area (Å²) in [6.07, 6.45) is 1.78. The van der Waals surface area contributed by atoms with Crippen molar-refractivity contribution in [3.63, 3.8) is 0 Å². The Morgan fingerprint density at radius 3 is 2.70 bits per heavy atom. The van der Waals surface area contributed by atoms with Gasteiger partial charge in [-0.25, -0.2) is 0 Å². The van der Waals surface area contributed by atoms with E-state index < -0.39 is 0 Å². The first-order valence-corrected chi connectivity index (χ1v) is 11.9. The number of ether oxygens (including phenoxy) is 1. The van der Waals surface area contributed by atoms with Gasteiger partial charge in [0.05, 0.1) is 19.8 Å². The summed E-state index contributed by atoms with van der Waals surface area (Å²) >= 11 is 6.26. The smallest absolute Gasteiger partial charge is 0.219 e. The molecule has 0 bridgehead atoms. The zero-order valence-electron chi connectivity index (χ0n) is 19.1. The van der Waals surface area contributed by atoms with E-state index in [2.05, 4.69) is 22.0 Å². The van der Waals surface area contributed by atoms with Gasteiger partial charge in [0.15, 0.2) is 0 Å². The summed E-state index contributed by atoms with van der Waals surface area (Å²) in [7, 11) is 1.67. The first kappa shape index (κ1) is 22.3. The molecule has 0 unspecified atom stereocenters. The summed E-state index contributed by atoms with van der Waals surface area (Å²) in [4.78, 5) is 20.0. The molecule has 1 atom stereocenters. The highest BCUT2D eigenvalue weighted by atomic mass is 35.5. The fraction of sp³-hybridized carbons (Fsp3) is 0.423. The van der Waals surface area contributed by atoms with Gasteiger partial charge in [-0.2, -0.15) is 0 Å². The van der Waals surface area contributed by atoms with Gasteiger partial charge < -0.3 is 19.7 Å². The van der Waals surface area contributed by atoms with E-state index in [9.17, 15) is 9.90 Å². The summed E-state index contributed by atoms with van der Waals surface area (Å²) in [6.45, 7) is 4.67. The van der Waals surface area contributed by atoms with E-state index >= 15 is 0 Å². The Morgan fingerprint density at radius 1 is 1.24 bits per heavy atom. The number of hydrogen-bond donors (Lipinski definition) is 2. The van der Waals surface area contributed by atoms with Crippen LogP contribution in [-0.4, -0.2) is 59.1 Å². The Balaban J connectivity index is 1.61. The van der Waals surface area contributed by atoms with Gasteiger partial charge in [0.1, 0.15) is 5.75 Å². The highest BCUT2D eigenvalue weighted by Gasteiger charge is 2.47. The molecule has 1 spiro atoms. The van der Waals surface area contributed by atoms with E-state index in [1.165, 1.54) is 10.9 Å². The Morgan fingerprint density at radius 2 is 2.03 bits per heavy atom. The quantitative estimate of drug-likeness (QED) is 0.601. The number of benzene rings is 2. The maximum absolute atomic E-state index is 12.0. The van der Waals surface area contributed by atoms with Crippen LogP contribution in [-0.2, 0) is 16.8 Å². The zero-order chi connectivity index (χ0) is 23.2. The number of aromatic amines is 1. The molecular weight excluding hydrogens is 438 g/mol. The molecule has 2 N–H and O–H groups in total. The molecule has 0 saturated carbocycles. The number of likely N-dealkylation sites (tertiary alicyclic amines) is 1. The van der Waals surface area contributed by atoms with Crippen LogP contribution in [0, 0.1) is 0 Å². The second-order valence-corrected chi connectivity index (χ2v) is 9.78. The maximum Gasteiger partial charge on any atom is 0.219 e. The molecule has 3 aromatic rings. The average molecular weight is 468 g/mol. The predicted molar refractivity (Wildman–Crippen MR) is 130 cm³/mol. The standard InChI is InChI=1S/C26H30ClN3O3/c1-17(32)29-10-8-26(9-11-29)16-30(14-18-4-3-5-19(27)12-18)23(15-31)25-24(26)21-7-6-20(33-2)13-22(21)28-25/h3-7,12-13,23,28,31H,8-11,14-16H2,1-2H3/t23-/m0/s1. The predicted octanol–water partition coefficient (Wildman–Crippen LogP) is 4.26. The first-order chi connectivity index (χ1) is 15.9. The van der Waals surface area contributed by atoms with Crippen LogP contribution in [0.5, 0.6) is 5.75 Å². The van der Waals surface area contributed by atoms with Gasteiger partial charge in [0, 0.05) is 66.2 Å². The molecule has 2 aromatic carbocycles. The number of methoxy groups -OCH3 is 1. The van der Waals surface area contributed by atoms with Gasteiger partial charge in [0.25, 0.3) is 0 Å². The second kappa shape index (κ2) is 8.67. The number of halogens is 1. The van der Waals surface area contributed by atoms with Gasteiger partial charge >= 0.3 is 0 Å². The molecule has 1 fully saturated rings. The molecule has 1 saturated heterocycles. The Labute approximate surface area is 199 Å². The summed E-state index contributed by atoms with van der Waals surface area (Å²) in [5, 5.41) is 12.4. The molecule has 33 heavy (non-hydrogen) atoms. The number of aromatic nitrogens is 1. The number of carbonyl (C=O) groups is 1. The number of H-pyrrole nitrogens is 1. The first-order valence-electron chi connectivity index (χ1n) is 11.5. The molecule has 2 aliphatic heterocycles. The summed E-state index contributed by atoms with van der Waals surface area (Å²) < 4.78 is 5.46. The van der Waals surface area contributed by atoms with Gasteiger partial charge in [-0.15, -0.1) is 0 Å². The normalized spacial score (nSPS) is 20.2. The van der Waals surface area contributed by atoms with Crippen molar-refractivity contribution in [1.82, 2.24) is 14.8 Å². The molecule has 0 radical (unpaired) electrons. The molecule has 3 heterocycles. The monoisotopic (exact) mass is 467 g/mol. The molecule has 7 heteroatoms. The fourth-order valence-corrected chi connectivity index (χ4v) is 6.02. The number of fused-ring (bicyclic) bond motifs is 4. The molecule has 2 aliphatic rings. The minimum Gasteiger partial charge on any atom is -0.497 e. The number of amides is 1. The highest BCUT2D eigenvalue weighted by molar-refractivity contribution is 6.30. The van der Waals surface area contributed by atoms with E-state index in [1.807, 2.05) is 35.2 Å². The van der Waals surface area contributed by atoms with Gasteiger partial charge in [-0.1, -0.05) is 23.7 Å². The summed E-state index contributed by atoms with van der Waals surface area (Å²) in [6, 6.07) is 13.9. The van der Waals surface area contributed by atoms with Gasteiger partial charge in [-0.3, -0.25) is 9.69 Å². The van der Waals surface area contributed by atoms with Crippen molar-refractivity contribution in [3.05, 3.63) is 64.3 Å². The highest BCUT2D eigenvalue weighted by Crippen LogP contribution is 2.49. The van der Waals surface area contributed by atoms with Crippen LogP contribution in [0.15, 0.2) is 42.5 Å². The number of aliphatic hydroxyl groups excluding tert-OH is 1. The van der Waals surface area contributed by atoms with Crippen molar-refractivity contribution in [2.24, 2.45) is 0 Å². The number of rotatable bonds is 4. The lowest BCUT2D eigenvalue weighted by Gasteiger charge is -2.50. The molecule has 6 nitrogen and oxygen atoms in total. The molecule has 0 aliphatic carbocycles. The van der Waals surface area contributed by atoms with Crippen LogP contribution >= 0.6 is 11.6 Å². The largest absolute Gasteiger partial charge is 0.497 e. The number of piperidine rings is 1. The van der Waals surface area contributed by atoms with Crippen LogP contribution in [0.2, 0.25) is 5.02 Å². The van der Waals surface area contributed by atoms with Crippen molar-refractivity contribution >= 4 is 28.4 Å². The van der Waals surface area contributed by atoms with E-state index in [1.54, 1.807) is 14.0 Å². The summed E-state index contributed by atoms with van der Waals surface area (Å²) in [5.41, 5.74) is 4.42. The SMILES string of the molecule is COc1ccc2c3c([nH]c2c1)[C@H](CO)N(Cc1cccc(Cl)c1)CC31CCN(C(C)=O)CC1. The van der Waals surface area contributed by atoms with E-state index in [0.717, 1.165) is 55.0 Å². The fourth-order valence-electron chi connectivity index (χ4n) is 5.81. The maximum atomic E-state index is 12.0. The number of nitrogens with zero attached hydrogens (tertiary/aromatic N) is 2. The lowest BCUT2D eigenvalue weighted by atomic mass is 9.68. The van der Waals surface area contributed by atoms with E-state index in [4.69, 9.17) is 16.3 Å². The number of carbonyl (C=O) groups excluding carboxylic acids is 1. The van der Waals surface area contributed by atoms with Crippen LogP contribution < -0.4 is 4.74 Å². The molecule has 5 rings (SSSR count). The topological polar surface area (TPSA) is 68.8 Å². The van der Waals surface area contributed by atoms with E-state index in [-0.39, 0.29) is 24.0 Å². The van der Waals surface area contributed by atoms with Crippen LogP contribution in [0.25, 0.3) is 10.9 Å². The Kier molecular flexibility index (Phi) is 5.85. The lowest BCUT2D eigenvalue weighted by molar-refractivity contribution is -0.130. The minimum atomic E-state index is -0.145. The second-order valence-electron chi connectivity index (χ2n) is 9.34. The van der Waals surface area contributed by atoms with Crippen LogP contribution in [0.1, 0.15) is 42.6 Å². The van der Waals surface area contributed by atoms with Crippen molar-refractivity contribution < 1.29 is 14.6 Å². The van der Waals surface area contributed by atoms with Crippen LogP contribution in [0.4, 0.5) is 0 Å². The molecule has 174 valence electrons. The third kappa shape index (κ3) is 3.90. The van der Waals surface area contributed by atoms with Crippen molar-refractivity contribution in [2.75, 3.05) is 33.4 Å². The number of hydrogen-bond acceptors (Lipinski definition) is 4. The van der Waals surface area contributed by atoms with Crippen molar-refractivity contribution in [2.45, 2.75) is 37.8 Å². The summed E-state index contributed by atoms with van der Waals surface area (Å²) in [5.74, 6) is 0.937. The van der Waals surface area contributed by atoms with Gasteiger partial charge in [-0.05, 0) is 48.2 Å². The Bertz CT molecular complexity index is 1180. The molecular formula is C26H30ClN3O3. The average Bonchev–Trinajstić information content (AvgIpc) is 3.19. The van der Waals surface area contributed by atoms with E-state index in [0.29, 0.717) is 11.6 Å². The number of nitrogens with one attached hydrogen (secondary N) is 1. The number of aliphatic hydroxyl groups is 1. The third-order valence-electron chi connectivity index (χ3n) is 7.46. The van der Waals surface area contributed by atoms with Gasteiger partial charge in [0.2, 0.25) is 5.91 Å². The zero-order valence-corrected chi connectivity index (χ0v) is 19.9. The molecule has 1 amide bonds. The Hall–Kier alpha value is -2.54. The third-order valence-corrected chi connectivity index (χ3v) is 7.69. The van der Waals surface area contributed by atoms with Crippen LogP contribution in [0.3, 0.4) is 0 Å². The van der Waals surface area contributed by atoms with Crippen molar-refractivity contribution in [1.29, 1.82) is 0 Å². The molecule has 1 aromatic heterocycles. The minimum absolute atomic E-state index is 0.0210. The van der Waals surface area contributed by atoms with Crippen molar-refractivity contribution in [3.8, 4) is 5.75 Å².